The van der Waals surface area contributed by atoms with Gasteiger partial charge in [-0.1, -0.05) is 140 Å². The molecule has 0 saturated carbocycles. The van der Waals surface area contributed by atoms with Gasteiger partial charge in [-0.15, -0.1) is 0 Å². The first-order chi connectivity index (χ1) is 21.5. The molecule has 7 aromatic rings. The highest BCUT2D eigenvalue weighted by molar-refractivity contribution is 6.07. The molecular formula is C43H37N. The number of para-hydroxylation sites is 1. The summed E-state index contributed by atoms with van der Waals surface area (Å²) in [4.78, 5) is 0. The Morgan fingerprint density at radius 1 is 0.523 bits per heavy atom. The average Bonchev–Trinajstić information content (AvgIpc) is 3.08. The fourth-order valence-electron chi connectivity index (χ4n) is 6.94. The van der Waals surface area contributed by atoms with Gasteiger partial charge < -0.3 is 5.73 Å². The zero-order valence-electron chi connectivity index (χ0n) is 25.4. The van der Waals surface area contributed by atoms with Gasteiger partial charge in [0.15, 0.2) is 0 Å². The third kappa shape index (κ3) is 4.95. The monoisotopic (exact) mass is 567 g/mol. The van der Waals surface area contributed by atoms with E-state index in [9.17, 15) is 0 Å². The fourth-order valence-corrected chi connectivity index (χ4v) is 6.94. The van der Waals surface area contributed by atoms with Crippen molar-refractivity contribution < 1.29 is 0 Å². The lowest BCUT2D eigenvalue weighted by Crippen LogP contribution is -2.26. The van der Waals surface area contributed by atoms with Crippen molar-refractivity contribution in [2.24, 2.45) is 0 Å². The minimum atomic E-state index is -0.376. The van der Waals surface area contributed by atoms with Gasteiger partial charge in [0.2, 0.25) is 0 Å². The van der Waals surface area contributed by atoms with Crippen molar-refractivity contribution >= 4 is 27.2 Å². The highest BCUT2D eigenvalue weighted by Gasteiger charge is 2.34. The van der Waals surface area contributed by atoms with E-state index in [2.05, 4.69) is 153 Å². The molecule has 1 nitrogen and oxygen atoms in total. The van der Waals surface area contributed by atoms with Gasteiger partial charge >= 0.3 is 0 Å². The molecule has 214 valence electrons. The zero-order valence-corrected chi connectivity index (χ0v) is 25.4. The second-order valence-electron chi connectivity index (χ2n) is 12.1. The number of hydrogen-bond donors (Lipinski definition) is 1. The van der Waals surface area contributed by atoms with E-state index >= 15 is 0 Å². The molecule has 0 fully saturated rings. The van der Waals surface area contributed by atoms with E-state index in [1.54, 1.807) is 0 Å². The Morgan fingerprint density at radius 3 is 2.02 bits per heavy atom. The number of nitrogens with two attached hydrogens (primary N) is 1. The van der Waals surface area contributed by atoms with Gasteiger partial charge in [0.05, 0.1) is 0 Å². The molecule has 0 bridgehead atoms. The molecule has 0 spiro atoms. The Hall–Kier alpha value is -5.14. The van der Waals surface area contributed by atoms with Crippen molar-refractivity contribution in [3.05, 3.63) is 185 Å². The normalized spacial score (nSPS) is 12.8. The minimum Gasteiger partial charge on any atom is -0.399 e. The van der Waals surface area contributed by atoms with Crippen molar-refractivity contribution in [1.82, 2.24) is 0 Å². The van der Waals surface area contributed by atoms with Crippen LogP contribution in [0, 0.1) is 6.92 Å². The summed E-state index contributed by atoms with van der Waals surface area (Å²) in [5.41, 5.74) is 17.0. The van der Waals surface area contributed by atoms with Crippen LogP contribution in [0.5, 0.6) is 0 Å². The topological polar surface area (TPSA) is 26.0 Å². The van der Waals surface area contributed by atoms with Crippen LogP contribution >= 0.6 is 0 Å². The summed E-state index contributed by atoms with van der Waals surface area (Å²) in [6.45, 7) is 4.63. The predicted molar refractivity (Wildman–Crippen MR) is 188 cm³/mol. The molecule has 0 aliphatic heterocycles. The third-order valence-corrected chi connectivity index (χ3v) is 9.46. The third-order valence-electron chi connectivity index (χ3n) is 9.46. The summed E-state index contributed by atoms with van der Waals surface area (Å²) in [6.07, 6.45) is 1.90. The van der Waals surface area contributed by atoms with Crippen LogP contribution in [0.3, 0.4) is 0 Å². The largest absolute Gasteiger partial charge is 0.399 e. The van der Waals surface area contributed by atoms with Gasteiger partial charge in [0, 0.05) is 11.1 Å². The van der Waals surface area contributed by atoms with Gasteiger partial charge in [0.25, 0.3) is 0 Å². The number of rotatable bonds is 7. The van der Waals surface area contributed by atoms with Crippen molar-refractivity contribution in [2.75, 3.05) is 5.73 Å². The van der Waals surface area contributed by atoms with E-state index in [0.717, 1.165) is 18.5 Å². The molecule has 0 aromatic heterocycles. The lowest BCUT2D eigenvalue weighted by molar-refractivity contribution is 0.695. The predicted octanol–water partition coefficient (Wildman–Crippen LogP) is 10.7. The molecule has 7 rings (SSSR count). The highest BCUT2D eigenvalue weighted by Crippen LogP contribution is 2.45. The van der Waals surface area contributed by atoms with E-state index in [1.807, 2.05) is 12.1 Å². The first kappa shape index (κ1) is 27.7. The van der Waals surface area contributed by atoms with E-state index < -0.39 is 0 Å². The molecule has 0 aliphatic carbocycles. The molecule has 1 heteroatoms. The molecular weight excluding hydrogens is 530 g/mol. The van der Waals surface area contributed by atoms with Crippen LogP contribution < -0.4 is 5.73 Å². The number of anilines is 1. The minimum absolute atomic E-state index is 0.376. The van der Waals surface area contributed by atoms with Crippen LogP contribution in [0.15, 0.2) is 152 Å². The van der Waals surface area contributed by atoms with Gasteiger partial charge in [-0.2, -0.15) is 0 Å². The number of fused-ring (bicyclic) bond motifs is 3. The van der Waals surface area contributed by atoms with E-state index in [1.165, 1.54) is 66.1 Å². The molecule has 0 heterocycles. The average molecular weight is 568 g/mol. The highest BCUT2D eigenvalue weighted by atomic mass is 14.6. The van der Waals surface area contributed by atoms with E-state index in [4.69, 9.17) is 5.73 Å². The van der Waals surface area contributed by atoms with Gasteiger partial charge in [-0.05, 0) is 105 Å². The smallest absolute Gasteiger partial charge is 0.0429 e. The Morgan fingerprint density at radius 2 is 1.20 bits per heavy atom. The molecule has 0 aliphatic rings. The van der Waals surface area contributed by atoms with Gasteiger partial charge in [0.1, 0.15) is 0 Å². The summed E-state index contributed by atoms with van der Waals surface area (Å²) in [6, 6.07) is 55.3. The van der Waals surface area contributed by atoms with Crippen LogP contribution in [0.2, 0.25) is 0 Å². The maximum Gasteiger partial charge on any atom is 0.0429 e. The molecule has 1 atom stereocenters. The summed E-state index contributed by atoms with van der Waals surface area (Å²) in [5.74, 6) is 0. The van der Waals surface area contributed by atoms with Gasteiger partial charge in [-0.3, -0.25) is 0 Å². The second-order valence-corrected chi connectivity index (χ2v) is 12.1. The first-order valence-corrected chi connectivity index (χ1v) is 15.5. The van der Waals surface area contributed by atoms with Crippen LogP contribution in [0.25, 0.3) is 32.7 Å². The van der Waals surface area contributed by atoms with Crippen LogP contribution in [-0.4, -0.2) is 0 Å². The number of aryl methyl sites for hydroxylation is 3. The molecule has 0 radical (unpaired) electrons. The first-order valence-electron chi connectivity index (χ1n) is 15.5. The number of benzene rings is 7. The molecule has 0 amide bonds. The van der Waals surface area contributed by atoms with Crippen molar-refractivity contribution in [2.45, 2.75) is 32.1 Å². The SMILES string of the molecule is Cc1cc(CCc2ccccc2N)ccc1-c1ccccc1C(C)(c1ccccc1)c1ccc2ccc3ccccc3c2c1. The maximum atomic E-state index is 6.23. The van der Waals surface area contributed by atoms with Gasteiger partial charge in [-0.25, -0.2) is 0 Å². The Labute approximate surface area is 260 Å². The number of nitrogen functional groups attached to an aromatic ring is 1. The summed E-state index contributed by atoms with van der Waals surface area (Å²) < 4.78 is 0. The zero-order chi connectivity index (χ0) is 30.1. The fraction of sp³-hybridized carbons (Fsp3) is 0.116. The van der Waals surface area contributed by atoms with E-state index in [-0.39, 0.29) is 5.41 Å². The Balaban J connectivity index is 1.35. The molecule has 0 saturated heterocycles. The quantitative estimate of drug-likeness (QED) is 0.116. The van der Waals surface area contributed by atoms with Crippen molar-refractivity contribution in [3.8, 4) is 11.1 Å². The second kappa shape index (κ2) is 11.5. The molecule has 7 aromatic carbocycles. The van der Waals surface area contributed by atoms with Crippen molar-refractivity contribution in [3.63, 3.8) is 0 Å². The maximum absolute atomic E-state index is 6.23. The Kier molecular flexibility index (Phi) is 7.24. The number of hydrogen-bond acceptors (Lipinski definition) is 1. The van der Waals surface area contributed by atoms with Crippen LogP contribution in [0.4, 0.5) is 5.69 Å². The van der Waals surface area contributed by atoms with Crippen molar-refractivity contribution in [1.29, 1.82) is 0 Å². The van der Waals surface area contributed by atoms with E-state index in [0.29, 0.717) is 0 Å². The lowest BCUT2D eigenvalue weighted by atomic mass is 9.68. The summed E-state index contributed by atoms with van der Waals surface area (Å²) in [5, 5.41) is 5.11. The van der Waals surface area contributed by atoms with Crippen LogP contribution in [-0.2, 0) is 18.3 Å². The Bertz CT molecular complexity index is 2110. The lowest BCUT2D eigenvalue weighted by Gasteiger charge is -2.34. The molecule has 2 N–H and O–H groups in total. The standard InChI is InChI=1S/C43H37N/c1-30-28-31(20-22-34-13-7-11-19-42(34)44)21-27-37(30)39-17-9-10-18-41(39)43(2,35-14-4-3-5-15-35)36-26-25-33-24-23-32-12-6-8-16-38(32)40(33)29-36/h3-19,21,23-29H,20,22,44H2,1-2H3. The summed E-state index contributed by atoms with van der Waals surface area (Å²) >= 11 is 0. The van der Waals surface area contributed by atoms with Crippen LogP contribution in [0.1, 0.15) is 40.3 Å². The molecule has 44 heavy (non-hydrogen) atoms. The molecule has 1 unspecified atom stereocenters. The summed E-state index contributed by atoms with van der Waals surface area (Å²) in [7, 11) is 0.